The maximum atomic E-state index is 10.8. The number of nitrogens with zero attached hydrogens (tertiary/aromatic N) is 4. The van der Waals surface area contributed by atoms with Gasteiger partial charge >= 0.3 is 0 Å². The van der Waals surface area contributed by atoms with Crippen LogP contribution in [0, 0.1) is 10.1 Å². The maximum Gasteiger partial charge on any atom is 0.271 e. The van der Waals surface area contributed by atoms with Gasteiger partial charge in [0.15, 0.2) is 12.4 Å². The second-order valence-electron chi connectivity index (χ2n) is 4.68. The second kappa shape index (κ2) is 5.76. The molecule has 1 aromatic carbocycles. The summed E-state index contributed by atoms with van der Waals surface area (Å²) in [5.41, 5.74) is 2.54. The van der Waals surface area contributed by atoms with Gasteiger partial charge in [0.25, 0.3) is 5.69 Å². The predicted molar refractivity (Wildman–Crippen MR) is 74.0 cm³/mol. The van der Waals surface area contributed by atoms with Gasteiger partial charge in [0, 0.05) is 25.2 Å². The normalized spacial score (nSPS) is 10.4. The lowest BCUT2D eigenvalue weighted by Crippen LogP contribution is -3.00. The quantitative estimate of drug-likeness (QED) is 0.241. The summed E-state index contributed by atoms with van der Waals surface area (Å²) in [6.07, 6.45) is 3.91. The van der Waals surface area contributed by atoms with Crippen LogP contribution in [0.5, 0.6) is 0 Å². The number of non-ortho nitro benzene ring substituents is 1. The van der Waals surface area contributed by atoms with Crippen molar-refractivity contribution in [2.24, 2.45) is 14.1 Å². The first kappa shape index (κ1) is 15.4. The molecule has 0 saturated carbocycles. The number of nitro benzene ring substituents is 1. The maximum absolute atomic E-state index is 10.8. The molecule has 7 heteroatoms. The van der Waals surface area contributed by atoms with Gasteiger partial charge in [0.05, 0.1) is 21.5 Å². The van der Waals surface area contributed by atoms with Crippen molar-refractivity contribution in [1.82, 2.24) is 9.55 Å². The van der Waals surface area contributed by atoms with Crippen LogP contribution in [0.25, 0.3) is 22.4 Å². The van der Waals surface area contributed by atoms with Crippen molar-refractivity contribution in [3.8, 4) is 11.4 Å². The summed E-state index contributed by atoms with van der Waals surface area (Å²) in [5.74, 6) is 0.789. The smallest absolute Gasteiger partial charge is 0.271 e. The number of aromatic nitrogens is 3. The van der Waals surface area contributed by atoms with Crippen LogP contribution in [0.2, 0.25) is 0 Å². The van der Waals surface area contributed by atoms with Gasteiger partial charge in [-0.25, -0.2) is 9.55 Å². The largest absolute Gasteiger partial charge is 1.00 e. The highest BCUT2D eigenvalue weighted by Crippen LogP contribution is 2.25. The van der Waals surface area contributed by atoms with Crippen molar-refractivity contribution in [1.29, 1.82) is 0 Å². The van der Waals surface area contributed by atoms with E-state index in [4.69, 9.17) is 0 Å². The molecule has 108 valence electrons. The number of fused-ring (bicyclic) bond motifs is 1. The summed E-state index contributed by atoms with van der Waals surface area (Å²) in [4.78, 5) is 15.0. The lowest BCUT2D eigenvalue weighted by atomic mass is 10.2. The molecule has 0 radical (unpaired) electrons. The molecule has 0 aliphatic heterocycles. The number of halogens is 1. The Hall–Kier alpha value is -2.03. The molecule has 3 aromatic rings. The Balaban J connectivity index is 0.00000161. The first-order valence-corrected chi connectivity index (χ1v) is 6.13. The van der Waals surface area contributed by atoms with E-state index >= 15 is 0 Å². The number of imidazole rings is 1. The van der Waals surface area contributed by atoms with Crippen molar-refractivity contribution in [3.63, 3.8) is 0 Å². The van der Waals surface area contributed by atoms with Gasteiger partial charge in [-0.1, -0.05) is 0 Å². The van der Waals surface area contributed by atoms with Crippen LogP contribution in [-0.4, -0.2) is 14.5 Å². The van der Waals surface area contributed by atoms with Crippen molar-refractivity contribution in [2.75, 3.05) is 0 Å². The predicted octanol–water partition coefficient (Wildman–Crippen LogP) is -1.02. The molecular formula is C14H13IN4O2. The molecule has 0 fully saturated rings. The van der Waals surface area contributed by atoms with E-state index in [-0.39, 0.29) is 29.7 Å². The Morgan fingerprint density at radius 1 is 1.33 bits per heavy atom. The molecule has 0 aliphatic carbocycles. The molecule has 2 heterocycles. The van der Waals surface area contributed by atoms with E-state index < -0.39 is 4.92 Å². The fourth-order valence-corrected chi connectivity index (χ4v) is 2.27. The van der Waals surface area contributed by atoms with Gasteiger partial charge in [-0.2, -0.15) is 0 Å². The summed E-state index contributed by atoms with van der Waals surface area (Å²) in [6, 6.07) is 8.62. The minimum atomic E-state index is -0.394. The molecule has 0 saturated heterocycles. The third-order valence-corrected chi connectivity index (χ3v) is 3.27. The zero-order valence-corrected chi connectivity index (χ0v) is 13.7. The molecule has 0 aliphatic rings. The lowest BCUT2D eigenvalue weighted by molar-refractivity contribution is -0.671. The number of hydrogen-bond donors (Lipinski definition) is 0. The minimum absolute atomic E-state index is 0. The Morgan fingerprint density at radius 3 is 2.76 bits per heavy atom. The van der Waals surface area contributed by atoms with Crippen molar-refractivity contribution < 1.29 is 33.5 Å². The third kappa shape index (κ3) is 2.73. The van der Waals surface area contributed by atoms with Gasteiger partial charge in [-0.15, -0.1) is 0 Å². The fourth-order valence-electron chi connectivity index (χ4n) is 2.27. The standard InChI is InChI=1S/C14H13N4O2.HI/c1-16-7-3-4-10(9-16)14-15-12-6-5-11(18(19)20)8-13(12)17(14)2;/h3-9H,1-2H3;1H/q+1;/p-1. The third-order valence-electron chi connectivity index (χ3n) is 3.27. The topological polar surface area (TPSA) is 64.8 Å². The Morgan fingerprint density at radius 2 is 2.10 bits per heavy atom. The van der Waals surface area contributed by atoms with E-state index in [1.807, 2.05) is 47.8 Å². The number of rotatable bonds is 2. The molecule has 0 bridgehead atoms. The molecule has 0 atom stereocenters. The number of benzene rings is 1. The van der Waals surface area contributed by atoms with E-state index in [1.165, 1.54) is 6.07 Å². The highest BCUT2D eigenvalue weighted by Gasteiger charge is 2.15. The molecule has 0 unspecified atom stereocenters. The van der Waals surface area contributed by atoms with Gasteiger partial charge in [0.1, 0.15) is 12.9 Å². The number of nitro groups is 1. The second-order valence-corrected chi connectivity index (χ2v) is 4.68. The number of pyridine rings is 1. The monoisotopic (exact) mass is 396 g/mol. The molecule has 0 spiro atoms. The number of hydrogen-bond acceptors (Lipinski definition) is 3. The lowest BCUT2D eigenvalue weighted by Gasteiger charge is -2.00. The van der Waals surface area contributed by atoms with Crippen LogP contribution < -0.4 is 28.5 Å². The van der Waals surface area contributed by atoms with Crippen LogP contribution in [0.4, 0.5) is 5.69 Å². The Labute approximate surface area is 138 Å². The molecule has 6 nitrogen and oxygen atoms in total. The van der Waals surface area contributed by atoms with Crippen molar-refractivity contribution >= 4 is 16.7 Å². The highest BCUT2D eigenvalue weighted by atomic mass is 127. The summed E-state index contributed by atoms with van der Waals surface area (Å²) in [7, 11) is 3.80. The molecule has 0 N–H and O–H groups in total. The van der Waals surface area contributed by atoms with E-state index in [0.29, 0.717) is 0 Å². The van der Waals surface area contributed by atoms with Crippen LogP contribution >= 0.6 is 0 Å². The zero-order chi connectivity index (χ0) is 14.3. The van der Waals surface area contributed by atoms with Gasteiger partial charge < -0.3 is 28.5 Å². The zero-order valence-electron chi connectivity index (χ0n) is 11.5. The van der Waals surface area contributed by atoms with E-state index in [2.05, 4.69) is 4.98 Å². The van der Waals surface area contributed by atoms with Crippen LogP contribution in [0.1, 0.15) is 0 Å². The molecule has 0 amide bonds. The molecule has 2 aromatic heterocycles. The Kier molecular flexibility index (Phi) is 4.21. The summed E-state index contributed by atoms with van der Waals surface area (Å²) < 4.78 is 3.81. The summed E-state index contributed by atoms with van der Waals surface area (Å²) in [5, 5.41) is 10.8. The minimum Gasteiger partial charge on any atom is -1.00 e. The van der Waals surface area contributed by atoms with E-state index in [9.17, 15) is 10.1 Å². The molecule has 3 rings (SSSR count). The van der Waals surface area contributed by atoms with Crippen LogP contribution in [0.3, 0.4) is 0 Å². The summed E-state index contributed by atoms with van der Waals surface area (Å²) >= 11 is 0. The molecule has 21 heavy (non-hydrogen) atoms. The number of aryl methyl sites for hydroxylation is 2. The van der Waals surface area contributed by atoms with Crippen molar-refractivity contribution in [2.45, 2.75) is 0 Å². The van der Waals surface area contributed by atoms with Crippen LogP contribution in [-0.2, 0) is 14.1 Å². The first-order valence-electron chi connectivity index (χ1n) is 6.13. The van der Waals surface area contributed by atoms with E-state index in [0.717, 1.165) is 22.4 Å². The average Bonchev–Trinajstić information content (AvgIpc) is 2.76. The average molecular weight is 396 g/mol. The summed E-state index contributed by atoms with van der Waals surface area (Å²) in [6.45, 7) is 0. The Bertz CT molecular complexity index is 829. The van der Waals surface area contributed by atoms with E-state index in [1.54, 1.807) is 12.1 Å². The highest BCUT2D eigenvalue weighted by molar-refractivity contribution is 5.82. The first-order chi connectivity index (χ1) is 9.56. The van der Waals surface area contributed by atoms with Crippen molar-refractivity contribution in [3.05, 3.63) is 52.8 Å². The fraction of sp³-hybridized carbons (Fsp3) is 0.143. The van der Waals surface area contributed by atoms with Crippen LogP contribution in [0.15, 0.2) is 42.7 Å². The molecular weight excluding hydrogens is 383 g/mol. The van der Waals surface area contributed by atoms with Gasteiger partial charge in [0.2, 0.25) is 0 Å². The SMILES string of the molecule is Cn1c(-c2ccc[n+](C)c2)nc2ccc([N+](=O)[O-])cc21.[I-]. The van der Waals surface area contributed by atoms with Gasteiger partial charge in [-0.3, -0.25) is 10.1 Å². The van der Waals surface area contributed by atoms with Gasteiger partial charge in [-0.05, 0) is 12.1 Å².